The van der Waals surface area contributed by atoms with E-state index in [0.717, 1.165) is 6.07 Å². The number of carbonyl (C=O) groups is 2. The van der Waals surface area contributed by atoms with Crippen LogP contribution in [0.2, 0.25) is 0 Å². The predicted octanol–water partition coefficient (Wildman–Crippen LogP) is 1.75. The second kappa shape index (κ2) is 6.67. The number of hydrogen-bond donors (Lipinski definition) is 3. The lowest BCUT2D eigenvalue weighted by molar-refractivity contribution is -0.149. The van der Waals surface area contributed by atoms with Gasteiger partial charge in [0.1, 0.15) is 5.75 Å². The quantitative estimate of drug-likeness (QED) is 0.698. The molecule has 0 aliphatic rings. The van der Waals surface area contributed by atoms with Gasteiger partial charge in [-0.2, -0.15) is 0 Å². The summed E-state index contributed by atoms with van der Waals surface area (Å²) in [6.45, 7) is 1.46. The number of halogens is 2. The van der Waals surface area contributed by atoms with Crippen LogP contribution >= 0.6 is 15.9 Å². The number of ether oxygens (including phenoxy) is 1. The first kappa shape index (κ1) is 16.4. The lowest BCUT2D eigenvalue weighted by Gasteiger charge is -2.19. The molecule has 0 radical (unpaired) electrons. The zero-order valence-electron chi connectivity index (χ0n) is 10.5. The van der Waals surface area contributed by atoms with E-state index in [1.165, 1.54) is 13.0 Å². The molecule has 6 nitrogen and oxygen atoms in total. The van der Waals surface area contributed by atoms with E-state index in [4.69, 9.17) is 10.8 Å². The van der Waals surface area contributed by atoms with Crippen LogP contribution in [0, 0.1) is 0 Å². The van der Waals surface area contributed by atoms with E-state index in [1.807, 2.05) is 0 Å². The number of hydrogen-bond acceptors (Lipinski definition) is 5. The average Bonchev–Trinajstić information content (AvgIpc) is 2.39. The van der Waals surface area contributed by atoms with Crippen LogP contribution in [0.1, 0.15) is 28.9 Å². The van der Waals surface area contributed by atoms with Crippen molar-refractivity contribution in [1.82, 2.24) is 0 Å². The van der Waals surface area contributed by atoms with Gasteiger partial charge in [-0.15, -0.1) is 0 Å². The Morgan fingerprint density at radius 2 is 2.10 bits per heavy atom. The summed E-state index contributed by atoms with van der Waals surface area (Å²) in [6.07, 6.45) is -2.28. The zero-order valence-corrected chi connectivity index (χ0v) is 12.1. The molecule has 0 bridgehead atoms. The highest BCUT2D eigenvalue weighted by Crippen LogP contribution is 2.36. The number of benzene rings is 1. The van der Waals surface area contributed by atoms with Crippen LogP contribution in [0.4, 0.5) is 4.39 Å². The van der Waals surface area contributed by atoms with Crippen molar-refractivity contribution in [2.24, 2.45) is 5.73 Å². The molecule has 110 valence electrons. The van der Waals surface area contributed by atoms with E-state index in [1.54, 1.807) is 0 Å². The monoisotopic (exact) mass is 349 g/mol. The van der Waals surface area contributed by atoms with E-state index in [0.29, 0.717) is 0 Å². The minimum absolute atomic E-state index is 0.0395. The highest BCUT2D eigenvalue weighted by molar-refractivity contribution is 9.10. The van der Waals surface area contributed by atoms with Gasteiger partial charge in [-0.1, -0.05) is 0 Å². The minimum Gasteiger partial charge on any atom is -0.506 e. The molecule has 0 heterocycles. The van der Waals surface area contributed by atoms with Crippen LogP contribution in [-0.4, -0.2) is 34.9 Å². The van der Waals surface area contributed by atoms with Gasteiger partial charge in [-0.3, -0.25) is 0 Å². The Labute approximate surface area is 122 Å². The van der Waals surface area contributed by atoms with E-state index < -0.39 is 29.9 Å². The fourth-order valence-electron chi connectivity index (χ4n) is 1.62. The van der Waals surface area contributed by atoms with Crippen molar-refractivity contribution in [1.29, 1.82) is 0 Å². The van der Waals surface area contributed by atoms with Crippen LogP contribution in [-0.2, 0) is 9.53 Å². The molecule has 0 amide bonds. The Morgan fingerprint density at radius 1 is 1.50 bits per heavy atom. The Bertz CT molecular complexity index is 537. The Kier molecular flexibility index (Phi) is 5.46. The number of aromatic hydroxyl groups is 1. The number of esters is 1. The van der Waals surface area contributed by atoms with Gasteiger partial charge in [0.15, 0.2) is 0 Å². The first-order chi connectivity index (χ1) is 9.31. The molecule has 1 rings (SSSR count). The third-order valence-corrected chi connectivity index (χ3v) is 3.20. The number of alkyl halides is 1. The molecule has 0 aromatic heterocycles. The third-order valence-electron chi connectivity index (χ3n) is 2.56. The second-order valence-corrected chi connectivity index (χ2v) is 4.70. The molecule has 0 fully saturated rings. The van der Waals surface area contributed by atoms with Crippen molar-refractivity contribution < 1.29 is 28.9 Å². The molecular weight excluding hydrogens is 337 g/mol. The first-order valence-corrected chi connectivity index (χ1v) is 6.41. The molecule has 0 saturated heterocycles. The molecule has 0 aliphatic heterocycles. The summed E-state index contributed by atoms with van der Waals surface area (Å²) in [7, 11) is 0. The standard InChI is InChI=1S/C12H13BrFNO5/c1-2-20-12(19)8(14)9(15)7-5(11(17)18)3-4-6(13)10(7)16/h3-4,8-9,16H,2,15H2,1H3,(H,17,18)/t8?,9-/m0/s1. The minimum atomic E-state index is -2.28. The third kappa shape index (κ3) is 3.26. The van der Waals surface area contributed by atoms with E-state index in [-0.39, 0.29) is 22.2 Å². The maximum Gasteiger partial charge on any atom is 0.342 e. The van der Waals surface area contributed by atoms with Crippen molar-refractivity contribution in [3.63, 3.8) is 0 Å². The van der Waals surface area contributed by atoms with Crippen LogP contribution in [0.5, 0.6) is 5.75 Å². The molecular formula is C12H13BrFNO5. The molecule has 0 spiro atoms. The van der Waals surface area contributed by atoms with E-state index >= 15 is 0 Å². The summed E-state index contributed by atoms with van der Waals surface area (Å²) < 4.78 is 18.5. The number of carboxylic acid groups (broad SMARTS) is 1. The number of aromatic carboxylic acids is 1. The van der Waals surface area contributed by atoms with Crippen LogP contribution < -0.4 is 5.73 Å². The maximum absolute atomic E-state index is 13.9. The summed E-state index contributed by atoms with van der Waals surface area (Å²) in [5, 5.41) is 18.9. The molecule has 1 unspecified atom stereocenters. The molecule has 4 N–H and O–H groups in total. The number of carbonyl (C=O) groups excluding carboxylic acids is 1. The maximum atomic E-state index is 13.9. The van der Waals surface area contributed by atoms with Gasteiger partial charge < -0.3 is 20.7 Å². The first-order valence-electron chi connectivity index (χ1n) is 5.62. The number of rotatable bonds is 5. The van der Waals surface area contributed by atoms with Gasteiger partial charge in [-0.25, -0.2) is 14.0 Å². The van der Waals surface area contributed by atoms with Gasteiger partial charge in [-0.05, 0) is 35.0 Å². The molecule has 8 heteroatoms. The molecule has 1 aromatic carbocycles. The van der Waals surface area contributed by atoms with Crippen molar-refractivity contribution >= 4 is 27.9 Å². The molecule has 0 saturated carbocycles. The summed E-state index contributed by atoms with van der Waals surface area (Å²) in [5.41, 5.74) is 4.81. The zero-order chi connectivity index (χ0) is 15.4. The smallest absolute Gasteiger partial charge is 0.342 e. The number of nitrogens with two attached hydrogens (primary N) is 1. The number of phenols is 1. The molecule has 0 aliphatic carbocycles. The topological polar surface area (TPSA) is 110 Å². The van der Waals surface area contributed by atoms with Crippen molar-refractivity contribution in [3.05, 3.63) is 27.7 Å². The number of phenolic OH excluding ortho intramolecular Hbond substituents is 1. The Hall–Kier alpha value is -1.67. The Morgan fingerprint density at radius 3 is 2.60 bits per heavy atom. The Balaban J connectivity index is 3.26. The summed E-state index contributed by atoms with van der Waals surface area (Å²) in [4.78, 5) is 22.4. The molecule has 20 heavy (non-hydrogen) atoms. The van der Waals surface area contributed by atoms with Gasteiger partial charge in [0.2, 0.25) is 6.17 Å². The summed E-state index contributed by atoms with van der Waals surface area (Å²) >= 11 is 2.98. The normalized spacial score (nSPS) is 13.6. The van der Waals surface area contributed by atoms with Gasteiger partial charge in [0.25, 0.3) is 0 Å². The lowest BCUT2D eigenvalue weighted by Crippen LogP contribution is -2.32. The van der Waals surface area contributed by atoms with Gasteiger partial charge >= 0.3 is 11.9 Å². The van der Waals surface area contributed by atoms with Crippen molar-refractivity contribution in [2.75, 3.05) is 6.61 Å². The van der Waals surface area contributed by atoms with Crippen LogP contribution in [0.15, 0.2) is 16.6 Å². The highest BCUT2D eigenvalue weighted by Gasteiger charge is 2.33. The summed E-state index contributed by atoms with van der Waals surface area (Å²) in [6, 6.07) is 0.781. The van der Waals surface area contributed by atoms with E-state index in [2.05, 4.69) is 20.7 Å². The average molecular weight is 350 g/mol. The van der Waals surface area contributed by atoms with Crippen LogP contribution in [0.3, 0.4) is 0 Å². The van der Waals surface area contributed by atoms with E-state index in [9.17, 15) is 19.1 Å². The fourth-order valence-corrected chi connectivity index (χ4v) is 1.97. The molecule has 1 aromatic rings. The second-order valence-electron chi connectivity index (χ2n) is 3.84. The van der Waals surface area contributed by atoms with Gasteiger partial charge in [0.05, 0.1) is 22.7 Å². The highest BCUT2D eigenvalue weighted by atomic mass is 79.9. The van der Waals surface area contributed by atoms with Crippen molar-refractivity contribution in [2.45, 2.75) is 19.1 Å². The van der Waals surface area contributed by atoms with Crippen LogP contribution in [0.25, 0.3) is 0 Å². The lowest BCUT2D eigenvalue weighted by atomic mass is 9.96. The largest absolute Gasteiger partial charge is 0.506 e. The number of carboxylic acids is 1. The predicted molar refractivity (Wildman–Crippen MR) is 71.2 cm³/mol. The molecule has 2 atom stereocenters. The SMILES string of the molecule is CCOC(=O)C(F)[C@@H](N)c1c(C(=O)O)ccc(Br)c1O. The fraction of sp³-hybridized carbons (Fsp3) is 0.333. The van der Waals surface area contributed by atoms with Crippen molar-refractivity contribution in [3.8, 4) is 5.75 Å². The van der Waals surface area contributed by atoms with Gasteiger partial charge in [0, 0.05) is 5.56 Å². The summed E-state index contributed by atoms with van der Waals surface area (Å²) in [5.74, 6) is -3.13.